The van der Waals surface area contributed by atoms with Gasteiger partial charge in [-0.25, -0.2) is 0 Å². The van der Waals surface area contributed by atoms with E-state index < -0.39 is 0 Å². The average molecular weight is 351 g/mol. The van der Waals surface area contributed by atoms with Crippen LogP contribution in [0.1, 0.15) is 43.3 Å². The van der Waals surface area contributed by atoms with Crippen LogP contribution in [0.15, 0.2) is 47.0 Å². The van der Waals surface area contributed by atoms with Crippen molar-refractivity contribution in [1.29, 1.82) is 0 Å². The summed E-state index contributed by atoms with van der Waals surface area (Å²) in [6.45, 7) is 0.774. The van der Waals surface area contributed by atoms with Gasteiger partial charge in [0, 0.05) is 17.7 Å². The third-order valence-corrected chi connectivity index (χ3v) is 4.42. The molecular formula is C20H21N3O3. The van der Waals surface area contributed by atoms with E-state index in [2.05, 4.69) is 27.6 Å². The number of carbonyl (C=O) groups is 1. The summed E-state index contributed by atoms with van der Waals surface area (Å²) in [6, 6.07) is 14.1. The summed E-state index contributed by atoms with van der Waals surface area (Å²) in [6.07, 6.45) is 3.30. The van der Waals surface area contributed by atoms with Crippen LogP contribution in [-0.4, -0.2) is 22.7 Å². The Morgan fingerprint density at radius 3 is 2.92 bits per heavy atom. The number of aromatic nitrogens is 2. The fraction of sp³-hybridized carbons (Fsp3) is 0.350. The number of hydrogen-bond donors (Lipinski definition) is 1. The largest absolute Gasteiger partial charge is 0.493 e. The first kappa shape index (κ1) is 16.6. The lowest BCUT2D eigenvalue weighted by atomic mass is 10.1. The van der Waals surface area contributed by atoms with E-state index in [-0.39, 0.29) is 12.5 Å². The maximum absolute atomic E-state index is 11.9. The molecule has 0 aliphatic heterocycles. The summed E-state index contributed by atoms with van der Waals surface area (Å²) in [5.41, 5.74) is 0. The molecule has 134 valence electrons. The van der Waals surface area contributed by atoms with E-state index in [1.165, 1.54) is 0 Å². The third kappa shape index (κ3) is 4.02. The summed E-state index contributed by atoms with van der Waals surface area (Å²) in [7, 11) is 0. The van der Waals surface area contributed by atoms with Crippen molar-refractivity contribution >= 4 is 16.7 Å². The van der Waals surface area contributed by atoms with Gasteiger partial charge in [-0.1, -0.05) is 41.6 Å². The molecule has 4 rings (SSSR count). The highest BCUT2D eigenvalue weighted by molar-refractivity contribution is 5.88. The van der Waals surface area contributed by atoms with Gasteiger partial charge >= 0.3 is 0 Å². The maximum atomic E-state index is 11.9. The van der Waals surface area contributed by atoms with Crippen molar-refractivity contribution in [3.05, 3.63) is 54.2 Å². The lowest BCUT2D eigenvalue weighted by molar-refractivity contribution is -0.121. The van der Waals surface area contributed by atoms with Gasteiger partial charge in [-0.15, -0.1) is 0 Å². The molecule has 6 heteroatoms. The standard InChI is InChI=1S/C20H21N3O3/c24-18(21-13-19-22-20(23-26-19)15-10-11-15)9-4-12-25-17-8-3-6-14-5-1-2-7-16(14)17/h1-3,5-8,15H,4,9-13H2,(H,21,24). The summed E-state index contributed by atoms with van der Waals surface area (Å²) in [4.78, 5) is 16.2. The molecule has 1 amide bonds. The van der Waals surface area contributed by atoms with Crippen LogP contribution >= 0.6 is 0 Å². The molecular weight excluding hydrogens is 330 g/mol. The molecule has 1 aliphatic rings. The minimum atomic E-state index is -0.0438. The van der Waals surface area contributed by atoms with E-state index in [4.69, 9.17) is 9.26 Å². The first-order valence-electron chi connectivity index (χ1n) is 8.99. The minimum absolute atomic E-state index is 0.0438. The summed E-state index contributed by atoms with van der Waals surface area (Å²) < 4.78 is 11.0. The number of nitrogens with zero attached hydrogens (tertiary/aromatic N) is 2. The smallest absolute Gasteiger partial charge is 0.246 e. The zero-order chi connectivity index (χ0) is 17.8. The molecule has 1 fully saturated rings. The molecule has 0 spiro atoms. The number of hydrogen-bond acceptors (Lipinski definition) is 5. The van der Waals surface area contributed by atoms with Crippen LogP contribution in [0.5, 0.6) is 5.75 Å². The zero-order valence-electron chi connectivity index (χ0n) is 14.5. The van der Waals surface area contributed by atoms with Crippen LogP contribution in [-0.2, 0) is 11.3 Å². The number of benzene rings is 2. The first-order chi connectivity index (χ1) is 12.8. The van der Waals surface area contributed by atoms with E-state index in [9.17, 15) is 4.79 Å². The Balaban J connectivity index is 1.19. The normalized spacial score (nSPS) is 13.7. The molecule has 26 heavy (non-hydrogen) atoms. The number of fused-ring (bicyclic) bond motifs is 1. The fourth-order valence-electron chi connectivity index (χ4n) is 2.85. The number of amides is 1. The van der Waals surface area contributed by atoms with Crippen LogP contribution in [0.2, 0.25) is 0 Å². The minimum Gasteiger partial charge on any atom is -0.493 e. The molecule has 0 saturated heterocycles. The van der Waals surface area contributed by atoms with Gasteiger partial charge in [0.1, 0.15) is 5.75 Å². The van der Waals surface area contributed by atoms with Gasteiger partial charge in [-0.3, -0.25) is 4.79 Å². The highest BCUT2D eigenvalue weighted by Crippen LogP contribution is 2.38. The molecule has 1 aliphatic carbocycles. The Morgan fingerprint density at radius 1 is 1.19 bits per heavy atom. The van der Waals surface area contributed by atoms with Gasteiger partial charge in [-0.05, 0) is 30.7 Å². The fourth-order valence-corrected chi connectivity index (χ4v) is 2.85. The lowest BCUT2D eigenvalue weighted by Gasteiger charge is -2.09. The van der Waals surface area contributed by atoms with Crippen molar-refractivity contribution in [2.45, 2.75) is 38.1 Å². The van der Waals surface area contributed by atoms with Crippen LogP contribution in [0, 0.1) is 0 Å². The van der Waals surface area contributed by atoms with E-state index >= 15 is 0 Å². The molecule has 1 heterocycles. The van der Waals surface area contributed by atoms with Gasteiger partial charge < -0.3 is 14.6 Å². The second-order valence-electron chi connectivity index (χ2n) is 6.53. The summed E-state index contributed by atoms with van der Waals surface area (Å²) in [5, 5.41) is 8.97. The Kier molecular flexibility index (Phi) is 4.82. The molecule has 0 radical (unpaired) electrons. The molecule has 0 bridgehead atoms. The van der Waals surface area contributed by atoms with Crippen LogP contribution in [0.3, 0.4) is 0 Å². The summed E-state index contributed by atoms with van der Waals surface area (Å²) in [5.74, 6) is 2.49. The highest BCUT2D eigenvalue weighted by atomic mass is 16.5. The zero-order valence-corrected chi connectivity index (χ0v) is 14.5. The molecule has 2 aromatic carbocycles. The lowest BCUT2D eigenvalue weighted by Crippen LogP contribution is -2.23. The Morgan fingerprint density at radius 2 is 2.04 bits per heavy atom. The van der Waals surface area contributed by atoms with Crippen LogP contribution in [0.4, 0.5) is 0 Å². The van der Waals surface area contributed by atoms with Crippen LogP contribution < -0.4 is 10.1 Å². The van der Waals surface area contributed by atoms with Crippen molar-refractivity contribution in [1.82, 2.24) is 15.5 Å². The van der Waals surface area contributed by atoms with Crippen molar-refractivity contribution in [3.8, 4) is 5.75 Å². The van der Waals surface area contributed by atoms with E-state index in [1.807, 2.05) is 30.3 Å². The summed E-state index contributed by atoms with van der Waals surface area (Å²) >= 11 is 0. The number of ether oxygens (including phenoxy) is 1. The number of rotatable bonds is 8. The SMILES string of the molecule is O=C(CCCOc1cccc2ccccc12)NCc1nc(C2CC2)no1. The number of carbonyl (C=O) groups excluding carboxylic acids is 1. The Labute approximate surface area is 151 Å². The molecule has 6 nitrogen and oxygen atoms in total. The van der Waals surface area contributed by atoms with Crippen molar-refractivity contribution in [2.24, 2.45) is 0 Å². The maximum Gasteiger partial charge on any atom is 0.246 e. The third-order valence-electron chi connectivity index (χ3n) is 4.42. The van der Waals surface area contributed by atoms with Gasteiger partial charge in [-0.2, -0.15) is 4.98 Å². The molecule has 1 aromatic heterocycles. The predicted octanol–water partition coefficient (Wildman–Crippen LogP) is 3.58. The van der Waals surface area contributed by atoms with Crippen molar-refractivity contribution in [2.75, 3.05) is 6.61 Å². The average Bonchev–Trinajstić information content (AvgIpc) is 3.42. The van der Waals surface area contributed by atoms with E-state index in [1.54, 1.807) is 0 Å². The van der Waals surface area contributed by atoms with Gasteiger partial charge in [0.2, 0.25) is 11.8 Å². The van der Waals surface area contributed by atoms with Crippen LogP contribution in [0.25, 0.3) is 10.8 Å². The van der Waals surface area contributed by atoms with Crippen molar-refractivity contribution < 1.29 is 14.1 Å². The van der Waals surface area contributed by atoms with Gasteiger partial charge in [0.05, 0.1) is 13.2 Å². The monoisotopic (exact) mass is 351 g/mol. The van der Waals surface area contributed by atoms with E-state index in [0.29, 0.717) is 31.3 Å². The van der Waals surface area contributed by atoms with Gasteiger partial charge in [0.15, 0.2) is 5.82 Å². The first-order valence-corrected chi connectivity index (χ1v) is 8.99. The topological polar surface area (TPSA) is 77.2 Å². The second kappa shape index (κ2) is 7.56. The molecule has 0 unspecified atom stereocenters. The second-order valence-corrected chi connectivity index (χ2v) is 6.53. The molecule has 3 aromatic rings. The molecule has 0 atom stereocenters. The number of nitrogens with one attached hydrogen (secondary N) is 1. The van der Waals surface area contributed by atoms with Gasteiger partial charge in [0.25, 0.3) is 0 Å². The quantitative estimate of drug-likeness (QED) is 0.628. The molecule has 1 N–H and O–H groups in total. The highest BCUT2D eigenvalue weighted by Gasteiger charge is 2.28. The van der Waals surface area contributed by atoms with E-state index in [0.717, 1.165) is 35.2 Å². The molecule has 1 saturated carbocycles. The Hall–Kier alpha value is -2.89. The Bertz CT molecular complexity index is 897. The van der Waals surface area contributed by atoms with Crippen molar-refractivity contribution in [3.63, 3.8) is 0 Å². The predicted molar refractivity (Wildman–Crippen MR) is 96.8 cm³/mol.